The van der Waals surface area contributed by atoms with Gasteiger partial charge < -0.3 is 20.5 Å². The molecule has 2 rings (SSSR count). The van der Waals surface area contributed by atoms with Crippen LogP contribution in [0.5, 0.6) is 11.5 Å². The average molecular weight is 433 g/mol. The predicted octanol–water partition coefficient (Wildman–Crippen LogP) is 3.29. The number of nitrogens with zero attached hydrogens (tertiary/aromatic N) is 1. The smallest absolute Gasteiger partial charge is 0.417 e. The molecule has 0 aliphatic heterocycles. The summed E-state index contributed by atoms with van der Waals surface area (Å²) >= 11 is 0. The van der Waals surface area contributed by atoms with Crippen LogP contribution in [0.25, 0.3) is 0 Å². The van der Waals surface area contributed by atoms with Crippen molar-refractivity contribution in [3.05, 3.63) is 41.6 Å². The molecule has 2 aromatic rings. The lowest BCUT2D eigenvalue weighted by Gasteiger charge is -2.22. The van der Waals surface area contributed by atoms with E-state index in [1.165, 1.54) is 7.11 Å². The molecule has 0 saturated carbocycles. The zero-order valence-corrected chi connectivity index (χ0v) is 16.9. The Kier molecular flexibility index (Phi) is 6.83. The number of pyridine rings is 1. The molecule has 1 heterocycles. The highest BCUT2D eigenvalue weighted by molar-refractivity contribution is 7.90. The fourth-order valence-corrected chi connectivity index (χ4v) is 3.51. The Morgan fingerprint density at radius 2 is 1.93 bits per heavy atom. The van der Waals surface area contributed by atoms with Gasteiger partial charge in [0.05, 0.1) is 36.8 Å². The maximum atomic E-state index is 12.8. The molecule has 1 aromatic heterocycles. The first kappa shape index (κ1) is 22.6. The van der Waals surface area contributed by atoms with E-state index in [0.717, 1.165) is 12.3 Å². The van der Waals surface area contributed by atoms with Crippen molar-refractivity contribution >= 4 is 21.3 Å². The number of nitrogen functional groups attached to an aromatic ring is 1. The highest BCUT2D eigenvalue weighted by atomic mass is 32.2. The second-order valence-electron chi connectivity index (χ2n) is 6.29. The van der Waals surface area contributed by atoms with Gasteiger partial charge in [-0.1, -0.05) is 6.07 Å². The molecule has 3 N–H and O–H groups in total. The van der Waals surface area contributed by atoms with Crippen molar-refractivity contribution in [2.24, 2.45) is 0 Å². The number of aromatic nitrogens is 1. The van der Waals surface area contributed by atoms with Gasteiger partial charge in [-0.15, -0.1) is 0 Å². The van der Waals surface area contributed by atoms with Gasteiger partial charge in [0.1, 0.15) is 15.7 Å². The first-order valence-electron chi connectivity index (χ1n) is 8.52. The molecule has 160 valence electrons. The molecule has 0 saturated heterocycles. The first-order valence-corrected chi connectivity index (χ1v) is 10.6. The van der Waals surface area contributed by atoms with E-state index in [4.69, 9.17) is 15.2 Å². The minimum atomic E-state index is -4.59. The summed E-state index contributed by atoms with van der Waals surface area (Å²) in [5, 5.41) is 2.83. The molecule has 1 atom stereocenters. The van der Waals surface area contributed by atoms with Crippen LogP contribution in [0.2, 0.25) is 0 Å². The second kappa shape index (κ2) is 8.76. The number of anilines is 2. The highest BCUT2D eigenvalue weighted by Gasteiger charge is 2.32. The summed E-state index contributed by atoms with van der Waals surface area (Å²) < 4.78 is 73.0. The Bertz CT molecular complexity index is 965. The lowest BCUT2D eigenvalue weighted by atomic mass is 10.1. The number of ether oxygens (including phenoxy) is 2. The monoisotopic (exact) mass is 433 g/mol. The summed E-state index contributed by atoms with van der Waals surface area (Å²) in [4.78, 5) is 3.73. The third-order valence-electron chi connectivity index (χ3n) is 3.91. The fraction of sp³-hybridized carbons (Fsp3) is 0.389. The third-order valence-corrected chi connectivity index (χ3v) is 4.85. The average Bonchev–Trinajstić information content (AvgIpc) is 2.61. The molecule has 0 aliphatic rings. The van der Waals surface area contributed by atoms with E-state index in [1.807, 2.05) is 0 Å². The molecule has 1 aromatic carbocycles. The fourth-order valence-electron chi connectivity index (χ4n) is 2.62. The summed E-state index contributed by atoms with van der Waals surface area (Å²) in [7, 11) is -1.99. The highest BCUT2D eigenvalue weighted by Crippen LogP contribution is 2.34. The number of sulfone groups is 1. The van der Waals surface area contributed by atoms with Crippen molar-refractivity contribution in [3.63, 3.8) is 0 Å². The molecular formula is C18H22F3N3O4S. The molecule has 0 bridgehead atoms. The minimum absolute atomic E-state index is 0.0552. The quantitative estimate of drug-likeness (QED) is 0.658. The van der Waals surface area contributed by atoms with Crippen molar-refractivity contribution in [1.82, 2.24) is 4.98 Å². The summed E-state index contributed by atoms with van der Waals surface area (Å²) in [6, 6.07) is 4.75. The van der Waals surface area contributed by atoms with Gasteiger partial charge in [0.25, 0.3) is 0 Å². The maximum Gasteiger partial charge on any atom is 0.417 e. The molecular weight excluding hydrogens is 411 g/mol. The van der Waals surface area contributed by atoms with Crippen molar-refractivity contribution in [3.8, 4) is 11.5 Å². The Balaban J connectivity index is 2.43. The van der Waals surface area contributed by atoms with E-state index in [2.05, 4.69) is 10.3 Å². The zero-order valence-electron chi connectivity index (χ0n) is 16.1. The van der Waals surface area contributed by atoms with Crippen LogP contribution in [0.15, 0.2) is 30.5 Å². The third kappa shape index (κ3) is 6.14. The number of methoxy groups -OCH3 is 1. The van der Waals surface area contributed by atoms with Crippen LogP contribution in [0, 0.1) is 0 Å². The molecule has 0 amide bonds. The Hall–Kier alpha value is -2.69. The summed E-state index contributed by atoms with van der Waals surface area (Å²) in [6.45, 7) is 2.14. The van der Waals surface area contributed by atoms with Gasteiger partial charge in [0, 0.05) is 12.5 Å². The number of rotatable bonds is 8. The van der Waals surface area contributed by atoms with Gasteiger partial charge in [-0.2, -0.15) is 13.2 Å². The lowest BCUT2D eigenvalue weighted by Crippen LogP contribution is -2.22. The molecule has 7 nitrogen and oxygen atoms in total. The second-order valence-corrected chi connectivity index (χ2v) is 8.48. The Morgan fingerprint density at radius 3 is 2.45 bits per heavy atom. The predicted molar refractivity (Wildman–Crippen MR) is 104 cm³/mol. The number of alkyl halides is 3. The number of benzene rings is 1. The summed E-state index contributed by atoms with van der Waals surface area (Å²) in [6.07, 6.45) is -2.90. The van der Waals surface area contributed by atoms with E-state index < -0.39 is 27.6 Å². The molecule has 11 heteroatoms. The van der Waals surface area contributed by atoms with Crippen LogP contribution in [-0.4, -0.2) is 39.1 Å². The number of hydrogen-bond acceptors (Lipinski definition) is 7. The molecule has 0 aliphatic carbocycles. The Morgan fingerprint density at radius 1 is 1.24 bits per heavy atom. The van der Waals surface area contributed by atoms with Crippen molar-refractivity contribution < 1.29 is 31.1 Å². The van der Waals surface area contributed by atoms with Crippen LogP contribution >= 0.6 is 0 Å². The van der Waals surface area contributed by atoms with E-state index in [0.29, 0.717) is 29.9 Å². The molecule has 0 unspecified atom stereocenters. The lowest BCUT2D eigenvalue weighted by molar-refractivity contribution is -0.137. The molecule has 0 radical (unpaired) electrons. The number of nitrogens with two attached hydrogens (primary N) is 1. The van der Waals surface area contributed by atoms with Crippen LogP contribution in [0.3, 0.4) is 0 Å². The van der Waals surface area contributed by atoms with Crippen LogP contribution in [0.1, 0.15) is 24.1 Å². The summed E-state index contributed by atoms with van der Waals surface area (Å²) in [5.41, 5.74) is 4.98. The van der Waals surface area contributed by atoms with Gasteiger partial charge >= 0.3 is 6.18 Å². The van der Waals surface area contributed by atoms with E-state index in [1.54, 1.807) is 25.1 Å². The van der Waals surface area contributed by atoms with Crippen molar-refractivity contribution in [2.45, 2.75) is 19.1 Å². The largest absolute Gasteiger partial charge is 0.493 e. The normalized spacial score (nSPS) is 13.0. The van der Waals surface area contributed by atoms with Gasteiger partial charge in [-0.05, 0) is 30.7 Å². The number of nitrogens with one attached hydrogen (secondary N) is 1. The van der Waals surface area contributed by atoms with E-state index in [-0.39, 0.29) is 17.3 Å². The van der Waals surface area contributed by atoms with E-state index in [9.17, 15) is 21.6 Å². The maximum absolute atomic E-state index is 12.8. The van der Waals surface area contributed by atoms with Crippen LogP contribution < -0.4 is 20.5 Å². The number of halogens is 3. The minimum Gasteiger partial charge on any atom is -0.493 e. The summed E-state index contributed by atoms with van der Waals surface area (Å²) in [5.74, 6) is 0.468. The van der Waals surface area contributed by atoms with Crippen molar-refractivity contribution in [1.29, 1.82) is 0 Å². The molecule has 0 spiro atoms. The van der Waals surface area contributed by atoms with Gasteiger partial charge in [-0.3, -0.25) is 0 Å². The Labute approximate surface area is 167 Å². The van der Waals surface area contributed by atoms with Gasteiger partial charge in [0.2, 0.25) is 0 Å². The number of hydrogen-bond donors (Lipinski definition) is 2. The van der Waals surface area contributed by atoms with Gasteiger partial charge in [-0.25, -0.2) is 13.4 Å². The topological polar surface area (TPSA) is 104 Å². The van der Waals surface area contributed by atoms with Gasteiger partial charge in [0.15, 0.2) is 11.5 Å². The first-order chi connectivity index (χ1) is 13.4. The zero-order chi connectivity index (χ0) is 21.8. The SMILES string of the molecule is CCOc1cc([C@@H](CS(C)(=O)=O)Nc2ncc(C(F)(F)F)cc2N)ccc1OC. The molecule has 0 fully saturated rings. The van der Waals surface area contributed by atoms with Crippen LogP contribution in [0.4, 0.5) is 24.7 Å². The molecule has 29 heavy (non-hydrogen) atoms. The van der Waals surface area contributed by atoms with Crippen LogP contribution in [-0.2, 0) is 16.0 Å². The van der Waals surface area contributed by atoms with Crippen molar-refractivity contribution in [2.75, 3.05) is 36.8 Å². The van der Waals surface area contributed by atoms with E-state index >= 15 is 0 Å². The standard InChI is InChI=1S/C18H22F3N3O4S/c1-4-28-16-7-11(5-6-15(16)27-2)14(10-29(3,25)26)24-17-13(22)8-12(9-23-17)18(19,20)21/h5-9,14H,4,10,22H2,1-3H3,(H,23,24)/t14-/m1/s1.